The van der Waals surface area contributed by atoms with Crippen LogP contribution >= 0.6 is 0 Å². The molecule has 0 bridgehead atoms. The van der Waals surface area contributed by atoms with Gasteiger partial charge in [-0.1, -0.05) is 0 Å². The van der Waals surface area contributed by atoms with Gasteiger partial charge in [-0.25, -0.2) is 0 Å². The lowest BCUT2D eigenvalue weighted by molar-refractivity contribution is -0.254. The summed E-state index contributed by atoms with van der Waals surface area (Å²) in [4.78, 5) is 0. The fraction of sp³-hybridized carbons (Fsp3) is 1.00. The van der Waals surface area contributed by atoms with E-state index in [0.29, 0.717) is 0 Å². The van der Waals surface area contributed by atoms with Crippen LogP contribution in [0.25, 0.3) is 0 Å². The maximum Gasteiger partial charge on any atom is 0.173 e. The number of ether oxygens (including phenoxy) is 2. The van der Waals surface area contributed by atoms with Crippen molar-refractivity contribution < 1.29 is 24.8 Å². The number of rotatable bonds is 2. The summed E-state index contributed by atoms with van der Waals surface area (Å²) in [5, 5.41) is 27.5. The summed E-state index contributed by atoms with van der Waals surface area (Å²) >= 11 is 0. The fourth-order valence-electron chi connectivity index (χ4n) is 1.39. The molecule has 0 aromatic carbocycles. The van der Waals surface area contributed by atoms with Crippen molar-refractivity contribution in [2.75, 3.05) is 13.7 Å². The van der Waals surface area contributed by atoms with Gasteiger partial charge in [0.1, 0.15) is 18.3 Å². The molecule has 1 rings (SSSR count). The van der Waals surface area contributed by atoms with Crippen molar-refractivity contribution in [1.29, 1.82) is 0 Å². The van der Waals surface area contributed by atoms with E-state index in [2.05, 4.69) is 0 Å². The van der Waals surface area contributed by atoms with Crippen LogP contribution in [0.5, 0.6) is 0 Å². The van der Waals surface area contributed by atoms with E-state index in [9.17, 15) is 10.2 Å². The highest BCUT2D eigenvalue weighted by Gasteiger charge is 2.42. The number of hydrogen-bond donors (Lipinski definition) is 4. The van der Waals surface area contributed by atoms with Gasteiger partial charge in [0.25, 0.3) is 0 Å². The van der Waals surface area contributed by atoms with Crippen molar-refractivity contribution >= 4 is 0 Å². The molecule has 1 saturated heterocycles. The predicted molar refractivity (Wildman–Crippen MR) is 42.7 cm³/mol. The van der Waals surface area contributed by atoms with Crippen LogP contribution in [-0.2, 0) is 9.47 Å². The molecule has 1 aliphatic rings. The Morgan fingerprint density at radius 2 is 2.08 bits per heavy atom. The third-order valence-electron chi connectivity index (χ3n) is 2.19. The first-order chi connectivity index (χ1) is 6.11. The zero-order chi connectivity index (χ0) is 10.0. The Morgan fingerprint density at radius 3 is 2.54 bits per heavy atom. The first-order valence-corrected chi connectivity index (χ1v) is 4.02. The molecule has 0 saturated carbocycles. The minimum atomic E-state index is -1.27. The molecule has 0 aromatic rings. The van der Waals surface area contributed by atoms with Crippen molar-refractivity contribution in [1.82, 2.24) is 0 Å². The summed E-state index contributed by atoms with van der Waals surface area (Å²) in [7, 11) is 1.38. The second-order valence-corrected chi connectivity index (χ2v) is 3.02. The molecule has 6 nitrogen and oxygen atoms in total. The van der Waals surface area contributed by atoms with Gasteiger partial charge in [-0.3, -0.25) is 0 Å². The van der Waals surface area contributed by atoms with Crippen LogP contribution < -0.4 is 5.73 Å². The minimum Gasteiger partial charge on any atom is -0.394 e. The standard InChI is InChI=1S/C7H15NO5/c1-12-6-3(2-9)13-7(11)4(8)5(6)10/h3-7,9-11H,2,8H2,1H3/t3?,4?,5?,6-,7-/m1/s1. The maximum atomic E-state index is 9.51. The van der Waals surface area contributed by atoms with Crippen LogP contribution in [0.2, 0.25) is 0 Å². The minimum absolute atomic E-state index is 0.334. The normalized spacial score (nSPS) is 46.4. The Morgan fingerprint density at radius 1 is 1.46 bits per heavy atom. The van der Waals surface area contributed by atoms with Crippen LogP contribution in [0.1, 0.15) is 0 Å². The molecule has 6 heteroatoms. The van der Waals surface area contributed by atoms with Crippen molar-refractivity contribution in [2.45, 2.75) is 30.6 Å². The highest BCUT2D eigenvalue weighted by molar-refractivity contribution is 4.91. The molecule has 3 unspecified atom stereocenters. The van der Waals surface area contributed by atoms with Gasteiger partial charge in [-0.2, -0.15) is 0 Å². The Kier molecular flexibility index (Phi) is 3.60. The van der Waals surface area contributed by atoms with Crippen LogP contribution in [0.4, 0.5) is 0 Å². The van der Waals surface area contributed by atoms with Gasteiger partial charge in [-0.05, 0) is 0 Å². The first kappa shape index (κ1) is 10.8. The van der Waals surface area contributed by atoms with Gasteiger partial charge < -0.3 is 30.5 Å². The van der Waals surface area contributed by atoms with E-state index in [1.165, 1.54) is 7.11 Å². The highest BCUT2D eigenvalue weighted by Crippen LogP contribution is 2.20. The van der Waals surface area contributed by atoms with Gasteiger partial charge >= 0.3 is 0 Å². The quantitative estimate of drug-likeness (QED) is 0.383. The van der Waals surface area contributed by atoms with E-state index in [4.69, 9.17) is 20.3 Å². The lowest BCUT2D eigenvalue weighted by Crippen LogP contribution is -2.62. The zero-order valence-corrected chi connectivity index (χ0v) is 7.33. The topological polar surface area (TPSA) is 105 Å². The smallest absolute Gasteiger partial charge is 0.173 e. The van der Waals surface area contributed by atoms with Crippen molar-refractivity contribution in [3.63, 3.8) is 0 Å². The molecule has 78 valence electrons. The molecule has 0 aromatic heterocycles. The van der Waals surface area contributed by atoms with Crippen LogP contribution in [0.3, 0.4) is 0 Å². The van der Waals surface area contributed by atoms with Gasteiger partial charge in [0.05, 0.1) is 12.6 Å². The molecule has 1 fully saturated rings. The Bertz CT molecular complexity index is 165. The second-order valence-electron chi connectivity index (χ2n) is 3.02. The van der Waals surface area contributed by atoms with E-state index in [1.807, 2.05) is 0 Å². The molecule has 0 amide bonds. The Balaban J connectivity index is 2.69. The fourth-order valence-corrected chi connectivity index (χ4v) is 1.39. The van der Waals surface area contributed by atoms with Gasteiger partial charge in [0.15, 0.2) is 6.29 Å². The largest absolute Gasteiger partial charge is 0.394 e. The number of methoxy groups -OCH3 is 1. The third-order valence-corrected chi connectivity index (χ3v) is 2.19. The summed E-state index contributed by atoms with van der Waals surface area (Å²) in [6.07, 6.45) is -3.75. The number of aliphatic hydroxyl groups excluding tert-OH is 3. The first-order valence-electron chi connectivity index (χ1n) is 4.02. The molecule has 0 aliphatic carbocycles. The monoisotopic (exact) mass is 193 g/mol. The zero-order valence-electron chi connectivity index (χ0n) is 7.33. The van der Waals surface area contributed by atoms with Crippen molar-refractivity contribution in [2.24, 2.45) is 5.73 Å². The lowest BCUT2D eigenvalue weighted by Gasteiger charge is -2.39. The SMILES string of the molecule is CO[C@@H]1C(CO)O[C@@H](O)C(N)C1O. The lowest BCUT2D eigenvalue weighted by atomic mass is 9.98. The molecule has 1 aliphatic heterocycles. The van der Waals surface area contributed by atoms with Crippen molar-refractivity contribution in [3.8, 4) is 0 Å². The average molecular weight is 193 g/mol. The second kappa shape index (κ2) is 4.32. The third kappa shape index (κ3) is 1.98. The predicted octanol–water partition coefficient (Wildman–Crippen LogP) is -2.60. The van der Waals surface area contributed by atoms with E-state index in [0.717, 1.165) is 0 Å². The summed E-state index contributed by atoms with van der Waals surface area (Å²) in [6, 6.07) is -0.909. The molecular formula is C7H15NO5. The molecule has 1 heterocycles. The van der Waals surface area contributed by atoms with Gasteiger partial charge in [-0.15, -0.1) is 0 Å². The molecule has 0 radical (unpaired) electrons. The highest BCUT2D eigenvalue weighted by atomic mass is 16.6. The molecule has 5 N–H and O–H groups in total. The number of hydrogen-bond acceptors (Lipinski definition) is 6. The Labute approximate surface area is 75.9 Å². The van der Waals surface area contributed by atoms with Crippen LogP contribution in [-0.4, -0.2) is 59.7 Å². The molecule has 0 spiro atoms. The summed E-state index contributed by atoms with van der Waals surface area (Å²) in [5.41, 5.74) is 5.42. The van der Waals surface area contributed by atoms with Crippen LogP contribution in [0, 0.1) is 0 Å². The van der Waals surface area contributed by atoms with Gasteiger partial charge in [0, 0.05) is 7.11 Å². The number of aliphatic hydroxyl groups is 3. The van der Waals surface area contributed by atoms with E-state index in [1.54, 1.807) is 0 Å². The van der Waals surface area contributed by atoms with Crippen molar-refractivity contribution in [3.05, 3.63) is 0 Å². The van der Waals surface area contributed by atoms with Crippen LogP contribution in [0.15, 0.2) is 0 Å². The molecule has 5 atom stereocenters. The summed E-state index contributed by atoms with van der Waals surface area (Å²) in [5.74, 6) is 0. The average Bonchev–Trinajstić information content (AvgIpc) is 2.13. The summed E-state index contributed by atoms with van der Waals surface area (Å²) < 4.78 is 9.82. The summed E-state index contributed by atoms with van der Waals surface area (Å²) in [6.45, 7) is -0.334. The number of nitrogens with two attached hydrogens (primary N) is 1. The van der Waals surface area contributed by atoms with E-state index >= 15 is 0 Å². The maximum absolute atomic E-state index is 9.51. The van der Waals surface area contributed by atoms with E-state index < -0.39 is 30.6 Å². The molecule has 13 heavy (non-hydrogen) atoms. The Hall–Kier alpha value is -0.240. The van der Waals surface area contributed by atoms with E-state index in [-0.39, 0.29) is 6.61 Å². The van der Waals surface area contributed by atoms with Gasteiger partial charge in [0.2, 0.25) is 0 Å². The molecular weight excluding hydrogens is 178 g/mol.